The van der Waals surface area contributed by atoms with Crippen LogP contribution in [0.3, 0.4) is 0 Å². The van der Waals surface area contributed by atoms with Gasteiger partial charge in [0.15, 0.2) is 0 Å². The van der Waals surface area contributed by atoms with Crippen molar-refractivity contribution in [2.24, 2.45) is 0 Å². The Kier molecular flexibility index (Phi) is 4.57. The van der Waals surface area contributed by atoms with Crippen molar-refractivity contribution < 1.29 is 4.74 Å². The van der Waals surface area contributed by atoms with E-state index in [2.05, 4.69) is 48.4 Å². The highest BCUT2D eigenvalue weighted by atomic mass is 16.5. The van der Waals surface area contributed by atoms with E-state index >= 15 is 0 Å². The number of hydrogen-bond acceptors (Lipinski definition) is 3. The Morgan fingerprint density at radius 2 is 1.65 bits per heavy atom. The SMILES string of the molecule is Cc1ccc(Oc2ccc(CNc3ccccn3)cc2)cc1C. The molecule has 0 amide bonds. The van der Waals surface area contributed by atoms with Crippen LogP contribution in [0, 0.1) is 13.8 Å². The largest absolute Gasteiger partial charge is 0.457 e. The summed E-state index contributed by atoms with van der Waals surface area (Å²) < 4.78 is 5.90. The second-order valence-corrected chi connectivity index (χ2v) is 5.56. The van der Waals surface area contributed by atoms with Gasteiger partial charge in [0, 0.05) is 12.7 Å². The van der Waals surface area contributed by atoms with Crippen molar-refractivity contribution in [3.63, 3.8) is 0 Å². The van der Waals surface area contributed by atoms with E-state index in [1.54, 1.807) is 6.20 Å². The van der Waals surface area contributed by atoms with Crippen LogP contribution in [0.5, 0.6) is 11.5 Å². The van der Waals surface area contributed by atoms with Crippen molar-refractivity contribution in [3.05, 3.63) is 83.6 Å². The molecule has 3 rings (SSSR count). The Hall–Kier alpha value is -2.81. The fourth-order valence-corrected chi connectivity index (χ4v) is 2.25. The Morgan fingerprint density at radius 1 is 0.870 bits per heavy atom. The molecule has 0 radical (unpaired) electrons. The first-order valence-corrected chi connectivity index (χ1v) is 7.70. The van der Waals surface area contributed by atoms with Crippen molar-refractivity contribution >= 4 is 5.82 Å². The van der Waals surface area contributed by atoms with E-state index in [0.29, 0.717) is 0 Å². The van der Waals surface area contributed by atoms with Gasteiger partial charge in [0.05, 0.1) is 0 Å². The predicted octanol–water partition coefficient (Wildman–Crippen LogP) is 5.10. The highest BCUT2D eigenvalue weighted by Gasteiger charge is 2.01. The summed E-state index contributed by atoms with van der Waals surface area (Å²) in [5.41, 5.74) is 3.69. The molecular formula is C20H20N2O. The van der Waals surface area contributed by atoms with Gasteiger partial charge >= 0.3 is 0 Å². The first-order chi connectivity index (χ1) is 11.2. The van der Waals surface area contributed by atoms with Crippen molar-refractivity contribution in [1.82, 2.24) is 4.98 Å². The molecule has 0 bridgehead atoms. The number of aromatic nitrogens is 1. The molecular weight excluding hydrogens is 284 g/mol. The molecule has 3 heteroatoms. The van der Waals surface area contributed by atoms with Crippen molar-refractivity contribution in [2.45, 2.75) is 20.4 Å². The number of pyridine rings is 1. The van der Waals surface area contributed by atoms with E-state index in [1.165, 1.54) is 16.7 Å². The van der Waals surface area contributed by atoms with E-state index in [9.17, 15) is 0 Å². The average Bonchev–Trinajstić information content (AvgIpc) is 2.58. The lowest BCUT2D eigenvalue weighted by Crippen LogP contribution is -2.00. The van der Waals surface area contributed by atoms with Crippen LogP contribution in [0.4, 0.5) is 5.82 Å². The summed E-state index contributed by atoms with van der Waals surface area (Å²) in [6, 6.07) is 20.1. The highest BCUT2D eigenvalue weighted by Crippen LogP contribution is 2.24. The predicted molar refractivity (Wildman–Crippen MR) is 94.0 cm³/mol. The van der Waals surface area contributed by atoms with Crippen LogP contribution in [-0.2, 0) is 6.54 Å². The molecule has 1 N–H and O–H groups in total. The molecule has 2 aromatic carbocycles. The topological polar surface area (TPSA) is 34.1 Å². The molecule has 0 fully saturated rings. The van der Waals surface area contributed by atoms with E-state index < -0.39 is 0 Å². The number of aryl methyl sites for hydroxylation is 2. The summed E-state index contributed by atoms with van der Waals surface area (Å²) in [6.45, 7) is 4.93. The Bertz CT molecular complexity index is 767. The minimum atomic E-state index is 0.737. The second kappa shape index (κ2) is 6.97. The molecule has 116 valence electrons. The molecule has 23 heavy (non-hydrogen) atoms. The van der Waals surface area contributed by atoms with Gasteiger partial charge in [0.1, 0.15) is 17.3 Å². The smallest absolute Gasteiger partial charge is 0.127 e. The number of nitrogens with zero attached hydrogens (tertiary/aromatic N) is 1. The minimum Gasteiger partial charge on any atom is -0.457 e. The third kappa shape index (κ3) is 4.10. The van der Waals surface area contributed by atoms with E-state index in [1.807, 2.05) is 36.4 Å². The summed E-state index contributed by atoms with van der Waals surface area (Å²) in [7, 11) is 0. The normalized spacial score (nSPS) is 10.3. The van der Waals surface area contributed by atoms with E-state index in [0.717, 1.165) is 23.9 Å². The molecule has 0 aliphatic carbocycles. The maximum absolute atomic E-state index is 5.90. The lowest BCUT2D eigenvalue weighted by Gasteiger charge is -2.09. The summed E-state index contributed by atoms with van der Waals surface area (Å²) in [5.74, 6) is 2.59. The number of benzene rings is 2. The monoisotopic (exact) mass is 304 g/mol. The Morgan fingerprint density at radius 3 is 2.35 bits per heavy atom. The number of ether oxygens (including phenoxy) is 1. The summed E-state index contributed by atoms with van der Waals surface area (Å²) in [4.78, 5) is 4.25. The van der Waals surface area contributed by atoms with Crippen molar-refractivity contribution in [2.75, 3.05) is 5.32 Å². The highest BCUT2D eigenvalue weighted by molar-refractivity contribution is 5.39. The minimum absolute atomic E-state index is 0.737. The zero-order valence-corrected chi connectivity index (χ0v) is 13.4. The number of nitrogens with one attached hydrogen (secondary N) is 1. The van der Waals surface area contributed by atoms with Gasteiger partial charge < -0.3 is 10.1 Å². The quantitative estimate of drug-likeness (QED) is 0.712. The fraction of sp³-hybridized carbons (Fsp3) is 0.150. The lowest BCUT2D eigenvalue weighted by molar-refractivity contribution is 0.482. The molecule has 0 saturated carbocycles. The van der Waals surface area contributed by atoms with E-state index in [-0.39, 0.29) is 0 Å². The van der Waals surface area contributed by atoms with Gasteiger partial charge in [0.25, 0.3) is 0 Å². The van der Waals surface area contributed by atoms with Gasteiger partial charge in [-0.05, 0) is 66.9 Å². The van der Waals surface area contributed by atoms with Crippen LogP contribution in [0.25, 0.3) is 0 Å². The zero-order valence-electron chi connectivity index (χ0n) is 13.4. The van der Waals surface area contributed by atoms with Gasteiger partial charge in [-0.2, -0.15) is 0 Å². The van der Waals surface area contributed by atoms with Gasteiger partial charge in [-0.3, -0.25) is 0 Å². The maximum Gasteiger partial charge on any atom is 0.127 e. The number of rotatable bonds is 5. The molecule has 3 aromatic rings. The van der Waals surface area contributed by atoms with Gasteiger partial charge in [-0.1, -0.05) is 24.3 Å². The standard InChI is InChI=1S/C20H20N2O/c1-15-6-9-19(13-16(15)2)23-18-10-7-17(8-11-18)14-22-20-5-3-4-12-21-20/h3-13H,14H2,1-2H3,(H,21,22). The zero-order chi connectivity index (χ0) is 16.1. The Labute approximate surface area is 137 Å². The van der Waals surface area contributed by atoms with Crippen molar-refractivity contribution in [1.29, 1.82) is 0 Å². The second-order valence-electron chi connectivity index (χ2n) is 5.56. The molecule has 0 aliphatic heterocycles. The Balaban J connectivity index is 1.61. The van der Waals surface area contributed by atoms with Crippen LogP contribution < -0.4 is 10.1 Å². The average molecular weight is 304 g/mol. The fourth-order valence-electron chi connectivity index (χ4n) is 2.25. The third-order valence-electron chi connectivity index (χ3n) is 3.78. The van der Waals surface area contributed by atoms with Crippen LogP contribution in [0.15, 0.2) is 66.9 Å². The number of anilines is 1. The molecule has 0 atom stereocenters. The summed E-state index contributed by atoms with van der Waals surface area (Å²) >= 11 is 0. The molecule has 0 saturated heterocycles. The van der Waals surface area contributed by atoms with Crippen molar-refractivity contribution in [3.8, 4) is 11.5 Å². The summed E-state index contributed by atoms with van der Waals surface area (Å²) in [6.07, 6.45) is 1.78. The summed E-state index contributed by atoms with van der Waals surface area (Å²) in [5, 5.41) is 3.29. The van der Waals surface area contributed by atoms with Crippen LogP contribution >= 0.6 is 0 Å². The lowest BCUT2D eigenvalue weighted by atomic mass is 10.1. The third-order valence-corrected chi connectivity index (χ3v) is 3.78. The molecule has 0 aliphatic rings. The molecule has 0 unspecified atom stereocenters. The first-order valence-electron chi connectivity index (χ1n) is 7.70. The first kappa shape index (κ1) is 15.1. The van der Waals surface area contributed by atoms with Crippen LogP contribution in [0.2, 0.25) is 0 Å². The van der Waals surface area contributed by atoms with Gasteiger partial charge in [0.2, 0.25) is 0 Å². The number of hydrogen-bond donors (Lipinski definition) is 1. The van der Waals surface area contributed by atoms with Gasteiger partial charge in [-0.25, -0.2) is 4.98 Å². The molecule has 3 nitrogen and oxygen atoms in total. The molecule has 1 heterocycles. The maximum atomic E-state index is 5.90. The van der Waals surface area contributed by atoms with Crippen LogP contribution in [-0.4, -0.2) is 4.98 Å². The molecule has 0 spiro atoms. The van der Waals surface area contributed by atoms with E-state index in [4.69, 9.17) is 4.74 Å². The van der Waals surface area contributed by atoms with Crippen LogP contribution in [0.1, 0.15) is 16.7 Å². The molecule has 1 aromatic heterocycles. The van der Waals surface area contributed by atoms with Gasteiger partial charge in [-0.15, -0.1) is 0 Å².